The van der Waals surface area contributed by atoms with Gasteiger partial charge in [-0.25, -0.2) is 5.84 Å². The van der Waals surface area contributed by atoms with E-state index in [1.165, 1.54) is 9.91 Å². The number of rotatable bonds is 12. The van der Waals surface area contributed by atoms with Crippen LogP contribution in [0, 0.1) is 11.3 Å². The maximum Gasteiger partial charge on any atom is 0.248 e. The lowest BCUT2D eigenvalue weighted by molar-refractivity contribution is -0.145. The molecule has 0 spiro atoms. The van der Waals surface area contributed by atoms with Crippen molar-refractivity contribution in [3.05, 3.63) is 84.7 Å². The summed E-state index contributed by atoms with van der Waals surface area (Å²) < 4.78 is 0. The lowest BCUT2D eigenvalue weighted by atomic mass is 9.83. The van der Waals surface area contributed by atoms with E-state index in [-0.39, 0.29) is 25.3 Å². The fourth-order valence-corrected chi connectivity index (χ4v) is 5.36. The molecule has 10 nitrogen and oxygen atoms in total. The van der Waals surface area contributed by atoms with Crippen molar-refractivity contribution >= 4 is 17.7 Å². The van der Waals surface area contributed by atoms with Crippen LogP contribution >= 0.6 is 0 Å². The van der Waals surface area contributed by atoms with Gasteiger partial charge in [-0.05, 0) is 29.5 Å². The van der Waals surface area contributed by atoms with Gasteiger partial charge in [0.2, 0.25) is 17.7 Å². The van der Waals surface area contributed by atoms with Crippen LogP contribution in [0.15, 0.2) is 79.1 Å². The number of benzene rings is 2. The summed E-state index contributed by atoms with van der Waals surface area (Å²) in [5, 5.41) is 14.5. The topological polar surface area (TPSA) is 168 Å². The smallest absolute Gasteiger partial charge is 0.248 e. The van der Waals surface area contributed by atoms with Gasteiger partial charge in [-0.2, -0.15) is 0 Å². The summed E-state index contributed by atoms with van der Waals surface area (Å²) in [7, 11) is 0. The fourth-order valence-electron chi connectivity index (χ4n) is 5.36. The summed E-state index contributed by atoms with van der Waals surface area (Å²) in [5.41, 5.74) is 14.5. The number of aliphatic hydroxyl groups excluding tert-OH is 1. The molecule has 3 amide bonds. The molecule has 2 aromatic rings. The number of nitrogens with two attached hydrogens (primary N) is 3. The molecule has 2 fully saturated rings. The van der Waals surface area contributed by atoms with Crippen molar-refractivity contribution in [2.24, 2.45) is 28.6 Å². The lowest BCUT2D eigenvalue weighted by Gasteiger charge is -2.39. The zero-order valence-electron chi connectivity index (χ0n) is 24.3. The average molecular weight is 575 g/mol. The first-order valence-electron chi connectivity index (χ1n) is 14.3. The van der Waals surface area contributed by atoms with E-state index < -0.39 is 47.4 Å². The first-order chi connectivity index (χ1) is 19.9. The van der Waals surface area contributed by atoms with Crippen molar-refractivity contribution in [3.8, 4) is 11.1 Å². The molecule has 4 atom stereocenters. The fraction of sp³-hybridized carbons (Fsp3) is 0.406. The molecule has 0 radical (unpaired) electrons. The molecule has 1 aliphatic carbocycles. The Kier molecular flexibility index (Phi) is 9.38. The van der Waals surface area contributed by atoms with Gasteiger partial charge in [0.25, 0.3) is 0 Å². The molecule has 42 heavy (non-hydrogen) atoms. The maximum absolute atomic E-state index is 14.0. The van der Waals surface area contributed by atoms with Crippen molar-refractivity contribution in [1.29, 1.82) is 0 Å². The molecule has 4 unspecified atom stereocenters. The molecule has 10 heteroatoms. The van der Waals surface area contributed by atoms with Crippen molar-refractivity contribution in [3.63, 3.8) is 0 Å². The minimum absolute atomic E-state index is 0.0146. The SMILES string of the molecule is C=CC(C)(C)C(C(=O)N1CC(O)CC1C(=O)NC(Cc1ccc(-c2ccccc2)cc1)C(N)=O)N(N)/C=C(\N)C1CC1. The molecular weight excluding hydrogens is 532 g/mol. The van der Waals surface area contributed by atoms with Gasteiger partial charge in [0.1, 0.15) is 18.1 Å². The van der Waals surface area contributed by atoms with Crippen LogP contribution in [-0.2, 0) is 20.8 Å². The molecular formula is C32H42N6O4. The highest BCUT2D eigenvalue weighted by molar-refractivity contribution is 5.93. The first kappa shape index (κ1) is 30.8. The van der Waals surface area contributed by atoms with Crippen LogP contribution in [0.1, 0.15) is 38.7 Å². The third kappa shape index (κ3) is 7.18. The van der Waals surface area contributed by atoms with Crippen LogP contribution in [0.5, 0.6) is 0 Å². The van der Waals surface area contributed by atoms with Gasteiger partial charge in [-0.15, -0.1) is 6.58 Å². The number of nitrogens with zero attached hydrogens (tertiary/aromatic N) is 2. The number of aliphatic hydroxyl groups is 1. The molecule has 1 saturated carbocycles. The van der Waals surface area contributed by atoms with Crippen LogP contribution in [0.2, 0.25) is 0 Å². The largest absolute Gasteiger partial charge is 0.401 e. The monoisotopic (exact) mass is 574 g/mol. The Bertz CT molecular complexity index is 1320. The van der Waals surface area contributed by atoms with Crippen molar-refractivity contribution in [2.45, 2.75) is 63.8 Å². The van der Waals surface area contributed by atoms with Crippen molar-refractivity contribution in [2.75, 3.05) is 6.54 Å². The number of hydrogen-bond donors (Lipinski definition) is 5. The van der Waals surface area contributed by atoms with E-state index in [0.717, 1.165) is 29.5 Å². The van der Waals surface area contributed by atoms with Gasteiger partial charge < -0.3 is 31.8 Å². The predicted molar refractivity (Wildman–Crippen MR) is 162 cm³/mol. The van der Waals surface area contributed by atoms with E-state index in [1.54, 1.807) is 12.3 Å². The van der Waals surface area contributed by atoms with E-state index in [9.17, 15) is 19.5 Å². The van der Waals surface area contributed by atoms with Crippen molar-refractivity contribution < 1.29 is 19.5 Å². The summed E-state index contributed by atoms with van der Waals surface area (Å²) in [6.07, 6.45) is 4.40. The molecule has 1 heterocycles. The Balaban J connectivity index is 1.50. The Morgan fingerprint density at radius 3 is 2.29 bits per heavy atom. The van der Waals surface area contributed by atoms with E-state index in [4.69, 9.17) is 17.3 Å². The lowest BCUT2D eigenvalue weighted by Crippen LogP contribution is -2.59. The van der Waals surface area contributed by atoms with Gasteiger partial charge in [-0.1, -0.05) is 74.5 Å². The van der Waals surface area contributed by atoms with Crippen LogP contribution in [0.4, 0.5) is 0 Å². The molecule has 1 aliphatic heterocycles. The summed E-state index contributed by atoms with van der Waals surface area (Å²) >= 11 is 0. The number of hydrazine groups is 1. The molecule has 0 aromatic heterocycles. The highest BCUT2D eigenvalue weighted by Crippen LogP contribution is 2.35. The highest BCUT2D eigenvalue weighted by atomic mass is 16.3. The normalized spacial score (nSPS) is 20.5. The Morgan fingerprint density at radius 2 is 1.71 bits per heavy atom. The van der Waals surface area contributed by atoms with Gasteiger partial charge >= 0.3 is 0 Å². The van der Waals surface area contributed by atoms with Gasteiger partial charge in [0, 0.05) is 42.6 Å². The van der Waals surface area contributed by atoms with E-state index in [1.807, 2.05) is 68.4 Å². The number of allylic oxidation sites excluding steroid dienone is 1. The van der Waals surface area contributed by atoms with Crippen molar-refractivity contribution in [1.82, 2.24) is 15.2 Å². The van der Waals surface area contributed by atoms with Gasteiger partial charge in [0.15, 0.2) is 0 Å². The molecule has 8 N–H and O–H groups in total. The Labute approximate surface area is 247 Å². The second kappa shape index (κ2) is 12.8. The molecule has 2 aromatic carbocycles. The third-order valence-electron chi connectivity index (χ3n) is 8.14. The average Bonchev–Trinajstić information content (AvgIpc) is 3.74. The van der Waals surface area contributed by atoms with Gasteiger partial charge in [-0.3, -0.25) is 14.4 Å². The molecule has 2 aliphatic rings. The summed E-state index contributed by atoms with van der Waals surface area (Å²) in [4.78, 5) is 41.2. The van der Waals surface area contributed by atoms with Crippen LogP contribution in [0.25, 0.3) is 11.1 Å². The minimum atomic E-state index is -1.02. The second-order valence-corrected chi connectivity index (χ2v) is 11.9. The molecule has 1 saturated heterocycles. The van der Waals surface area contributed by atoms with Crippen LogP contribution < -0.4 is 22.6 Å². The van der Waals surface area contributed by atoms with E-state index in [2.05, 4.69) is 11.9 Å². The molecule has 4 rings (SSSR count). The van der Waals surface area contributed by atoms with Crippen LogP contribution in [-0.4, -0.2) is 63.5 Å². The number of primary amides is 1. The number of β-amino-alcohol motifs (C(OH)–C–C–N with tert-alkyl or cyclic N) is 1. The third-order valence-corrected chi connectivity index (χ3v) is 8.14. The summed E-state index contributed by atoms with van der Waals surface area (Å²) in [5.74, 6) is 4.90. The van der Waals surface area contributed by atoms with Gasteiger partial charge in [0.05, 0.1) is 6.10 Å². The van der Waals surface area contributed by atoms with Crippen LogP contribution in [0.3, 0.4) is 0 Å². The highest BCUT2D eigenvalue weighted by Gasteiger charge is 2.46. The summed E-state index contributed by atoms with van der Waals surface area (Å²) in [6, 6.07) is 14.6. The number of likely N-dealkylation sites (tertiary alicyclic amines) is 1. The molecule has 0 bridgehead atoms. The summed E-state index contributed by atoms with van der Waals surface area (Å²) in [6.45, 7) is 7.45. The zero-order chi connectivity index (χ0) is 30.6. The molecule has 224 valence electrons. The standard InChI is InChI=1S/C32H42N6O4/c1-4-32(2,3)28(38(35)19-25(33)23-14-15-23)31(42)37-18-24(39)17-27(37)30(41)36-26(29(34)40)16-20-10-12-22(13-11-20)21-8-6-5-7-9-21/h4-13,19,23-24,26-28,39H,1,14-18,33,35H2,2-3H3,(H2,34,40)(H,36,41)/b25-19-. The zero-order valence-corrected chi connectivity index (χ0v) is 24.3. The number of carbonyl (C=O) groups is 3. The number of hydrogen-bond acceptors (Lipinski definition) is 7. The Hall–Kier alpha value is -4.15. The number of nitrogens with one attached hydrogen (secondary N) is 1. The quantitative estimate of drug-likeness (QED) is 0.146. The van der Waals surface area contributed by atoms with E-state index >= 15 is 0 Å². The minimum Gasteiger partial charge on any atom is -0.401 e. The maximum atomic E-state index is 14.0. The predicted octanol–water partition coefficient (Wildman–Crippen LogP) is 1.79. The first-order valence-corrected chi connectivity index (χ1v) is 14.3. The van der Waals surface area contributed by atoms with E-state index in [0.29, 0.717) is 5.70 Å². The number of amides is 3. The Morgan fingerprint density at radius 1 is 1.10 bits per heavy atom. The second-order valence-electron chi connectivity index (χ2n) is 11.9. The number of carbonyl (C=O) groups excluding carboxylic acids is 3.